The summed E-state index contributed by atoms with van der Waals surface area (Å²) in [6.07, 6.45) is 0.794. The highest BCUT2D eigenvalue weighted by atomic mass is 16.7. The second-order valence-electron chi connectivity index (χ2n) is 5.21. The smallest absolute Gasteiger partial charge is 0.231 e. The van der Waals surface area contributed by atoms with Crippen LogP contribution >= 0.6 is 0 Å². The highest BCUT2D eigenvalue weighted by Gasteiger charge is 2.13. The normalized spacial score (nSPS) is 12.8. The summed E-state index contributed by atoms with van der Waals surface area (Å²) in [5.74, 6) is 2.47. The van der Waals surface area contributed by atoms with Crippen molar-refractivity contribution in [3.63, 3.8) is 0 Å². The molecule has 0 spiro atoms. The number of hydrogen-bond acceptors (Lipinski definition) is 4. The summed E-state index contributed by atoms with van der Waals surface area (Å²) in [5, 5.41) is 0. The number of imidazole rings is 1. The summed E-state index contributed by atoms with van der Waals surface area (Å²) < 4.78 is 12.5. The van der Waals surface area contributed by atoms with Crippen LogP contribution in [0.3, 0.4) is 0 Å². The van der Waals surface area contributed by atoms with E-state index in [0.29, 0.717) is 13.4 Å². The molecule has 22 heavy (non-hydrogen) atoms. The molecule has 0 radical (unpaired) electrons. The van der Waals surface area contributed by atoms with Crippen molar-refractivity contribution in [1.29, 1.82) is 0 Å². The van der Waals surface area contributed by atoms with Gasteiger partial charge in [0, 0.05) is 6.42 Å². The molecule has 0 unspecified atom stereocenters. The summed E-state index contributed by atoms with van der Waals surface area (Å²) >= 11 is 0. The molecule has 0 saturated heterocycles. The largest absolute Gasteiger partial charge is 0.454 e. The predicted molar refractivity (Wildman–Crippen MR) is 82.2 cm³/mol. The Morgan fingerprint density at radius 2 is 2.00 bits per heavy atom. The van der Waals surface area contributed by atoms with E-state index in [1.807, 2.05) is 49.4 Å². The van der Waals surface area contributed by atoms with Crippen molar-refractivity contribution >= 4 is 11.0 Å². The molecule has 1 aliphatic heterocycles. The van der Waals surface area contributed by atoms with Crippen LogP contribution < -0.4 is 14.3 Å². The fourth-order valence-electron chi connectivity index (χ4n) is 2.64. The van der Waals surface area contributed by atoms with Gasteiger partial charge in [0.2, 0.25) is 6.79 Å². The molecule has 0 N–H and O–H groups in total. The number of ether oxygens (including phenoxy) is 2. The Labute approximate surface area is 128 Å². The molecular formula is C17H16N2O3. The van der Waals surface area contributed by atoms with Crippen LogP contribution in [0.25, 0.3) is 11.0 Å². The Morgan fingerprint density at radius 1 is 1.14 bits per heavy atom. The van der Waals surface area contributed by atoms with Crippen molar-refractivity contribution in [2.24, 2.45) is 0 Å². The van der Waals surface area contributed by atoms with Gasteiger partial charge in [0.25, 0.3) is 0 Å². The molecule has 5 heteroatoms. The number of hydrogen-bond donors (Lipinski definition) is 0. The van der Waals surface area contributed by atoms with E-state index in [0.717, 1.165) is 40.3 Å². The highest BCUT2D eigenvalue weighted by molar-refractivity contribution is 5.75. The van der Waals surface area contributed by atoms with E-state index >= 15 is 0 Å². The Kier molecular flexibility index (Phi) is 3.11. The van der Waals surface area contributed by atoms with Crippen LogP contribution in [0.2, 0.25) is 0 Å². The van der Waals surface area contributed by atoms with Crippen molar-refractivity contribution in [2.75, 3.05) is 13.4 Å². The van der Waals surface area contributed by atoms with Gasteiger partial charge < -0.3 is 14.3 Å². The van der Waals surface area contributed by atoms with E-state index < -0.39 is 0 Å². The Morgan fingerprint density at radius 3 is 2.95 bits per heavy atom. The maximum Gasteiger partial charge on any atom is 0.231 e. The van der Waals surface area contributed by atoms with E-state index in [4.69, 9.17) is 14.3 Å². The molecular weight excluding hydrogens is 280 g/mol. The molecule has 2 heterocycles. The van der Waals surface area contributed by atoms with E-state index in [1.165, 1.54) is 0 Å². The van der Waals surface area contributed by atoms with Crippen LogP contribution in [0, 0.1) is 6.92 Å². The SMILES string of the molecule is Cc1nc2ccccc2n1OCCc1ccc2c(c1)OCO2. The third kappa shape index (κ3) is 2.24. The predicted octanol–water partition coefficient (Wildman–Crippen LogP) is 2.74. The lowest BCUT2D eigenvalue weighted by Crippen LogP contribution is -2.15. The van der Waals surface area contributed by atoms with Gasteiger partial charge in [-0.15, -0.1) is 0 Å². The first-order valence-corrected chi connectivity index (χ1v) is 7.27. The van der Waals surface area contributed by atoms with Gasteiger partial charge in [0.05, 0.1) is 5.52 Å². The topological polar surface area (TPSA) is 45.5 Å². The number of fused-ring (bicyclic) bond motifs is 2. The minimum atomic E-state index is 0.301. The minimum Gasteiger partial charge on any atom is -0.454 e. The summed E-state index contributed by atoms with van der Waals surface area (Å²) in [7, 11) is 0. The van der Waals surface area contributed by atoms with E-state index in [2.05, 4.69) is 4.98 Å². The monoisotopic (exact) mass is 296 g/mol. The van der Waals surface area contributed by atoms with Gasteiger partial charge in [-0.25, -0.2) is 4.98 Å². The zero-order chi connectivity index (χ0) is 14.9. The van der Waals surface area contributed by atoms with Crippen LogP contribution in [0.4, 0.5) is 0 Å². The third-order valence-electron chi connectivity index (χ3n) is 3.72. The van der Waals surface area contributed by atoms with E-state index in [9.17, 15) is 0 Å². The van der Waals surface area contributed by atoms with Crippen LogP contribution in [0.15, 0.2) is 42.5 Å². The molecule has 0 fully saturated rings. The van der Waals surface area contributed by atoms with Gasteiger partial charge >= 0.3 is 0 Å². The van der Waals surface area contributed by atoms with Gasteiger partial charge in [0.15, 0.2) is 11.5 Å². The Balaban J connectivity index is 1.47. The lowest BCUT2D eigenvalue weighted by molar-refractivity contribution is 0.117. The Hall–Kier alpha value is -2.69. The van der Waals surface area contributed by atoms with E-state index in [1.54, 1.807) is 4.73 Å². The fraction of sp³-hybridized carbons (Fsp3) is 0.235. The summed E-state index contributed by atoms with van der Waals surface area (Å²) in [5.41, 5.74) is 3.10. The van der Waals surface area contributed by atoms with Gasteiger partial charge in [-0.05, 0) is 36.8 Å². The first-order chi connectivity index (χ1) is 10.8. The Bertz CT molecular complexity index is 826. The first kappa shape index (κ1) is 13.0. The summed E-state index contributed by atoms with van der Waals surface area (Å²) in [4.78, 5) is 10.4. The average Bonchev–Trinajstić information content (AvgIpc) is 3.11. The molecule has 5 nitrogen and oxygen atoms in total. The molecule has 1 aromatic heterocycles. The molecule has 0 atom stereocenters. The number of rotatable bonds is 4. The lowest BCUT2D eigenvalue weighted by atomic mass is 10.1. The minimum absolute atomic E-state index is 0.301. The molecule has 1 aliphatic rings. The van der Waals surface area contributed by atoms with Crippen molar-refractivity contribution < 1.29 is 14.3 Å². The third-order valence-corrected chi connectivity index (χ3v) is 3.72. The molecule has 4 rings (SSSR count). The standard InChI is InChI=1S/C17H16N2O3/c1-12-18-14-4-2-3-5-15(14)19(12)22-9-8-13-6-7-16-17(10-13)21-11-20-16/h2-7,10H,8-9,11H2,1H3. The van der Waals surface area contributed by atoms with Crippen LogP contribution in [0.1, 0.15) is 11.4 Å². The maximum atomic E-state index is 5.90. The zero-order valence-corrected chi connectivity index (χ0v) is 12.3. The molecule has 2 aromatic carbocycles. The van der Waals surface area contributed by atoms with Crippen LogP contribution in [-0.2, 0) is 6.42 Å². The molecule has 0 saturated carbocycles. The lowest BCUT2D eigenvalue weighted by Gasteiger charge is -2.09. The fourth-order valence-corrected chi connectivity index (χ4v) is 2.64. The highest BCUT2D eigenvalue weighted by Crippen LogP contribution is 2.32. The molecule has 0 bridgehead atoms. The number of benzene rings is 2. The number of para-hydroxylation sites is 2. The maximum absolute atomic E-state index is 5.90. The second kappa shape index (κ2) is 5.26. The van der Waals surface area contributed by atoms with Crippen LogP contribution in [0.5, 0.6) is 11.5 Å². The molecule has 0 amide bonds. The molecule has 112 valence electrons. The van der Waals surface area contributed by atoms with Crippen molar-refractivity contribution in [3.8, 4) is 11.5 Å². The molecule has 0 aliphatic carbocycles. The van der Waals surface area contributed by atoms with Crippen molar-refractivity contribution in [1.82, 2.24) is 9.71 Å². The quantitative estimate of drug-likeness (QED) is 0.742. The number of nitrogens with zero attached hydrogens (tertiary/aromatic N) is 2. The van der Waals surface area contributed by atoms with Crippen LogP contribution in [-0.4, -0.2) is 23.1 Å². The summed E-state index contributed by atoms with van der Waals surface area (Å²) in [6.45, 7) is 2.82. The second-order valence-corrected chi connectivity index (χ2v) is 5.21. The van der Waals surface area contributed by atoms with Gasteiger partial charge in [0.1, 0.15) is 17.9 Å². The number of aryl methyl sites for hydroxylation is 1. The van der Waals surface area contributed by atoms with Gasteiger partial charge in [-0.2, -0.15) is 4.73 Å². The van der Waals surface area contributed by atoms with Crippen molar-refractivity contribution in [2.45, 2.75) is 13.3 Å². The molecule has 3 aromatic rings. The van der Waals surface area contributed by atoms with Gasteiger partial charge in [-0.3, -0.25) is 0 Å². The van der Waals surface area contributed by atoms with E-state index in [-0.39, 0.29) is 0 Å². The summed E-state index contributed by atoms with van der Waals surface area (Å²) in [6, 6.07) is 13.9. The van der Waals surface area contributed by atoms with Crippen molar-refractivity contribution in [3.05, 3.63) is 53.9 Å². The number of aromatic nitrogens is 2. The van der Waals surface area contributed by atoms with Gasteiger partial charge in [-0.1, -0.05) is 18.2 Å². The average molecular weight is 296 g/mol. The zero-order valence-electron chi connectivity index (χ0n) is 12.3. The first-order valence-electron chi connectivity index (χ1n) is 7.27.